The molecule has 0 saturated carbocycles. The van der Waals surface area contributed by atoms with Gasteiger partial charge in [-0.25, -0.2) is 4.39 Å². The molecule has 1 amide bonds. The van der Waals surface area contributed by atoms with Crippen LogP contribution < -0.4 is 5.32 Å². The van der Waals surface area contributed by atoms with Gasteiger partial charge in [0.2, 0.25) is 0 Å². The van der Waals surface area contributed by atoms with E-state index in [1.54, 1.807) is 0 Å². The molecule has 0 unspecified atom stereocenters. The molecule has 0 aliphatic rings. The molecule has 104 valence electrons. The summed E-state index contributed by atoms with van der Waals surface area (Å²) in [5.74, 6) is -2.40. The third-order valence-electron chi connectivity index (χ3n) is 2.48. The van der Waals surface area contributed by atoms with Gasteiger partial charge in [0.1, 0.15) is 5.82 Å². The molecule has 0 aliphatic heterocycles. The number of pyridine rings is 1. The number of carbonyl (C=O) groups excluding carboxylic acids is 1. The van der Waals surface area contributed by atoms with E-state index in [-0.39, 0.29) is 5.69 Å². The van der Waals surface area contributed by atoms with Crippen LogP contribution in [-0.2, 0) is 6.18 Å². The summed E-state index contributed by atoms with van der Waals surface area (Å²) in [6, 6.07) is 5.13. The average molecular weight is 284 g/mol. The number of hydrogen-bond donors (Lipinski definition) is 1. The minimum atomic E-state index is -4.81. The van der Waals surface area contributed by atoms with E-state index in [4.69, 9.17) is 0 Å². The summed E-state index contributed by atoms with van der Waals surface area (Å²) in [6.45, 7) is 0. The molecule has 1 aromatic heterocycles. The second kappa shape index (κ2) is 5.28. The number of halogens is 4. The van der Waals surface area contributed by atoms with Crippen molar-refractivity contribution in [1.82, 2.24) is 4.98 Å². The van der Waals surface area contributed by atoms with Gasteiger partial charge in [-0.3, -0.25) is 9.78 Å². The number of amides is 1. The zero-order valence-corrected chi connectivity index (χ0v) is 9.91. The number of nitrogens with one attached hydrogen (secondary N) is 1. The van der Waals surface area contributed by atoms with E-state index in [2.05, 4.69) is 10.3 Å². The first-order valence-corrected chi connectivity index (χ1v) is 5.46. The van der Waals surface area contributed by atoms with Crippen molar-refractivity contribution in [2.75, 3.05) is 5.32 Å². The molecule has 1 aromatic carbocycles. The van der Waals surface area contributed by atoms with Crippen LogP contribution in [0.5, 0.6) is 0 Å². The molecule has 2 aromatic rings. The Bertz CT molecular complexity index is 626. The molecule has 3 nitrogen and oxygen atoms in total. The first-order valence-electron chi connectivity index (χ1n) is 5.46. The Labute approximate surface area is 111 Å². The van der Waals surface area contributed by atoms with Gasteiger partial charge in [-0.05, 0) is 24.3 Å². The first kappa shape index (κ1) is 14.0. The quantitative estimate of drug-likeness (QED) is 0.858. The Morgan fingerprint density at radius 2 is 1.75 bits per heavy atom. The first-order chi connectivity index (χ1) is 9.39. The Morgan fingerprint density at radius 1 is 1.10 bits per heavy atom. The molecule has 7 heteroatoms. The fourth-order valence-electron chi connectivity index (χ4n) is 1.62. The lowest BCUT2D eigenvalue weighted by Gasteiger charge is -2.13. The van der Waals surface area contributed by atoms with E-state index in [0.717, 1.165) is 12.1 Å². The van der Waals surface area contributed by atoms with Gasteiger partial charge in [0.05, 0.1) is 11.1 Å². The van der Waals surface area contributed by atoms with Crippen LogP contribution in [0.4, 0.5) is 23.2 Å². The average Bonchev–Trinajstić information content (AvgIpc) is 2.38. The maximum atomic E-state index is 13.6. The third kappa shape index (κ3) is 2.93. The van der Waals surface area contributed by atoms with Crippen molar-refractivity contribution in [3.05, 3.63) is 59.7 Å². The van der Waals surface area contributed by atoms with E-state index in [9.17, 15) is 22.4 Å². The molecule has 0 bridgehead atoms. The van der Waals surface area contributed by atoms with Crippen molar-refractivity contribution in [3.8, 4) is 0 Å². The Morgan fingerprint density at radius 3 is 2.35 bits per heavy atom. The van der Waals surface area contributed by atoms with Crippen LogP contribution >= 0.6 is 0 Å². The molecule has 1 heterocycles. The lowest BCUT2D eigenvalue weighted by Crippen LogP contribution is -2.20. The van der Waals surface area contributed by atoms with Crippen LogP contribution in [0.3, 0.4) is 0 Å². The molecule has 2 rings (SSSR count). The second-order valence-corrected chi connectivity index (χ2v) is 3.85. The van der Waals surface area contributed by atoms with Crippen LogP contribution in [0.1, 0.15) is 15.9 Å². The van der Waals surface area contributed by atoms with Gasteiger partial charge in [0, 0.05) is 18.1 Å². The van der Waals surface area contributed by atoms with Crippen molar-refractivity contribution < 1.29 is 22.4 Å². The Kier molecular flexibility index (Phi) is 3.69. The van der Waals surface area contributed by atoms with E-state index >= 15 is 0 Å². The number of hydrogen-bond acceptors (Lipinski definition) is 2. The fraction of sp³-hybridized carbons (Fsp3) is 0.0769. The van der Waals surface area contributed by atoms with E-state index in [0.29, 0.717) is 6.07 Å². The number of rotatable bonds is 2. The standard InChI is InChI=1S/C13H8F4N2O/c14-10-3-1-2-9(13(15,16)17)11(10)12(20)19-8-4-6-18-7-5-8/h1-7H,(H,18,19,20). The maximum Gasteiger partial charge on any atom is 0.417 e. The number of nitrogens with zero attached hydrogens (tertiary/aromatic N) is 1. The predicted molar refractivity (Wildman–Crippen MR) is 63.6 cm³/mol. The fourth-order valence-corrected chi connectivity index (χ4v) is 1.62. The van der Waals surface area contributed by atoms with Crippen molar-refractivity contribution in [2.24, 2.45) is 0 Å². The van der Waals surface area contributed by atoms with Gasteiger partial charge < -0.3 is 5.32 Å². The van der Waals surface area contributed by atoms with Gasteiger partial charge >= 0.3 is 6.18 Å². The zero-order chi connectivity index (χ0) is 14.8. The molecule has 1 N–H and O–H groups in total. The van der Waals surface area contributed by atoms with Gasteiger partial charge in [-0.1, -0.05) is 6.07 Å². The molecule has 0 spiro atoms. The molecule has 20 heavy (non-hydrogen) atoms. The molecule has 0 atom stereocenters. The summed E-state index contributed by atoms with van der Waals surface area (Å²) in [4.78, 5) is 15.5. The summed E-state index contributed by atoms with van der Waals surface area (Å²) >= 11 is 0. The smallest absolute Gasteiger partial charge is 0.322 e. The maximum absolute atomic E-state index is 13.6. The zero-order valence-electron chi connectivity index (χ0n) is 9.91. The van der Waals surface area contributed by atoms with Crippen molar-refractivity contribution in [2.45, 2.75) is 6.18 Å². The van der Waals surface area contributed by atoms with Crippen molar-refractivity contribution >= 4 is 11.6 Å². The summed E-state index contributed by atoms with van der Waals surface area (Å²) in [7, 11) is 0. The highest BCUT2D eigenvalue weighted by atomic mass is 19.4. The van der Waals surface area contributed by atoms with Crippen LogP contribution in [0, 0.1) is 5.82 Å². The van der Waals surface area contributed by atoms with Gasteiger partial charge in [0.25, 0.3) is 5.91 Å². The molecule has 0 fully saturated rings. The minimum Gasteiger partial charge on any atom is -0.322 e. The van der Waals surface area contributed by atoms with Gasteiger partial charge in [0.15, 0.2) is 0 Å². The minimum absolute atomic E-state index is 0.223. The lowest BCUT2D eigenvalue weighted by atomic mass is 10.1. The lowest BCUT2D eigenvalue weighted by molar-refractivity contribution is -0.138. The number of aromatic nitrogens is 1. The molecule has 0 radical (unpaired) electrons. The van der Waals surface area contributed by atoms with Gasteiger partial charge in [-0.2, -0.15) is 13.2 Å². The van der Waals surface area contributed by atoms with E-state index < -0.39 is 29.0 Å². The number of anilines is 1. The highest BCUT2D eigenvalue weighted by Gasteiger charge is 2.36. The predicted octanol–water partition coefficient (Wildman–Crippen LogP) is 3.49. The second-order valence-electron chi connectivity index (χ2n) is 3.85. The Hall–Kier alpha value is -2.44. The third-order valence-corrected chi connectivity index (χ3v) is 2.48. The van der Waals surface area contributed by atoms with E-state index in [1.807, 2.05) is 0 Å². The van der Waals surface area contributed by atoms with Crippen molar-refractivity contribution in [1.29, 1.82) is 0 Å². The van der Waals surface area contributed by atoms with Gasteiger partial charge in [-0.15, -0.1) is 0 Å². The normalized spacial score (nSPS) is 11.2. The van der Waals surface area contributed by atoms with Crippen LogP contribution in [0.15, 0.2) is 42.7 Å². The number of alkyl halides is 3. The number of carbonyl (C=O) groups is 1. The molecule has 0 saturated heterocycles. The highest BCUT2D eigenvalue weighted by Crippen LogP contribution is 2.33. The Balaban J connectivity index is 2.40. The highest BCUT2D eigenvalue weighted by molar-refractivity contribution is 6.05. The molecule has 0 aliphatic carbocycles. The van der Waals surface area contributed by atoms with E-state index in [1.165, 1.54) is 24.5 Å². The van der Waals surface area contributed by atoms with Crippen molar-refractivity contribution in [3.63, 3.8) is 0 Å². The SMILES string of the molecule is O=C(Nc1ccncc1)c1c(F)cccc1C(F)(F)F. The monoisotopic (exact) mass is 284 g/mol. The number of benzene rings is 1. The van der Waals surface area contributed by atoms with Crippen LogP contribution in [-0.4, -0.2) is 10.9 Å². The van der Waals surface area contributed by atoms with Crippen LogP contribution in [0.25, 0.3) is 0 Å². The summed E-state index contributed by atoms with van der Waals surface area (Å²) in [5, 5.41) is 2.19. The summed E-state index contributed by atoms with van der Waals surface area (Å²) < 4.78 is 51.9. The molecular weight excluding hydrogens is 276 g/mol. The topological polar surface area (TPSA) is 42.0 Å². The van der Waals surface area contributed by atoms with Crippen LogP contribution in [0.2, 0.25) is 0 Å². The molecular formula is C13H8F4N2O. The summed E-state index contributed by atoms with van der Waals surface area (Å²) in [5.41, 5.74) is -2.12. The summed E-state index contributed by atoms with van der Waals surface area (Å²) in [6.07, 6.45) is -2.11. The largest absolute Gasteiger partial charge is 0.417 e.